The predicted molar refractivity (Wildman–Crippen MR) is 128 cm³/mol. The number of hydrogen-bond acceptors (Lipinski definition) is 8. The molecular weight excluding hydrogens is 460 g/mol. The molecule has 0 aromatic carbocycles. The number of unbranched alkanes of at least 4 members (excludes halogenated alkanes) is 1. The van der Waals surface area contributed by atoms with Gasteiger partial charge in [-0.1, -0.05) is 33.6 Å². The van der Waals surface area contributed by atoms with Crippen LogP contribution < -0.4 is 27.0 Å². The average molecular weight is 501 g/mol. The van der Waals surface area contributed by atoms with E-state index in [1.54, 1.807) is 0 Å². The van der Waals surface area contributed by atoms with Crippen LogP contribution in [0, 0.1) is 5.41 Å². The largest absolute Gasteiger partial charge is 0.468 e. The van der Waals surface area contributed by atoms with E-state index in [0.717, 1.165) is 37.7 Å². The number of amides is 5. The Morgan fingerprint density at radius 3 is 1.94 bits per heavy atom. The molecule has 0 aliphatic heterocycles. The van der Waals surface area contributed by atoms with Crippen LogP contribution in [0.15, 0.2) is 0 Å². The summed E-state index contributed by atoms with van der Waals surface area (Å²) in [5.74, 6) is -3.72. The van der Waals surface area contributed by atoms with Crippen molar-refractivity contribution in [1.82, 2.24) is 26.2 Å². The van der Waals surface area contributed by atoms with Crippen molar-refractivity contribution < 1.29 is 33.5 Å². The van der Waals surface area contributed by atoms with Crippen molar-refractivity contribution in [3.05, 3.63) is 0 Å². The van der Waals surface area contributed by atoms with E-state index in [0.29, 0.717) is 6.54 Å². The zero-order chi connectivity index (χ0) is 26.9. The quantitative estimate of drug-likeness (QED) is 0.142. The molecule has 5 amide bonds. The fourth-order valence-electron chi connectivity index (χ4n) is 2.83. The zero-order valence-electron chi connectivity index (χ0n) is 21.2. The van der Waals surface area contributed by atoms with Crippen LogP contribution in [0.1, 0.15) is 46.5 Å². The first kappa shape index (κ1) is 31.8. The molecule has 6 N–H and O–H groups in total. The van der Waals surface area contributed by atoms with Crippen LogP contribution in [-0.2, 0) is 33.5 Å². The minimum atomic E-state index is -0.770. The summed E-state index contributed by atoms with van der Waals surface area (Å²) in [6.07, 6.45) is 4.06. The van der Waals surface area contributed by atoms with E-state index in [2.05, 4.69) is 46.8 Å². The summed E-state index contributed by atoms with van der Waals surface area (Å²) in [6, 6.07) is 0. The molecule has 0 fully saturated rings. The molecule has 0 aromatic heterocycles. The highest BCUT2D eigenvalue weighted by molar-refractivity contribution is 5.92. The molecule has 0 radical (unpaired) electrons. The summed E-state index contributed by atoms with van der Waals surface area (Å²) in [5.41, 5.74) is 5.14. The van der Waals surface area contributed by atoms with E-state index in [9.17, 15) is 28.8 Å². The summed E-state index contributed by atoms with van der Waals surface area (Å²) >= 11 is 0. The van der Waals surface area contributed by atoms with Gasteiger partial charge >= 0.3 is 5.97 Å². The first-order valence-corrected chi connectivity index (χ1v) is 11.6. The molecule has 1 unspecified atom stereocenters. The first-order valence-electron chi connectivity index (χ1n) is 11.6. The van der Waals surface area contributed by atoms with Gasteiger partial charge < -0.3 is 36.6 Å². The Morgan fingerprint density at radius 1 is 0.829 bits per heavy atom. The number of esters is 1. The molecule has 0 spiro atoms. The third-order valence-electron chi connectivity index (χ3n) is 5.45. The van der Waals surface area contributed by atoms with Gasteiger partial charge in [0.05, 0.1) is 33.3 Å². The summed E-state index contributed by atoms with van der Waals surface area (Å²) in [5, 5.41) is 9.79. The molecule has 0 aromatic rings. The lowest BCUT2D eigenvalue weighted by Crippen LogP contribution is -2.49. The summed E-state index contributed by atoms with van der Waals surface area (Å²) in [4.78, 5) is 72.1. The number of hydrogen-bond donors (Lipinski definition) is 5. The number of carbonyl (C=O) groups is 6. The van der Waals surface area contributed by atoms with Gasteiger partial charge in [0.15, 0.2) is 0 Å². The smallest absolute Gasteiger partial charge is 0.325 e. The van der Waals surface area contributed by atoms with E-state index in [4.69, 9.17) is 5.73 Å². The van der Waals surface area contributed by atoms with E-state index < -0.39 is 55.8 Å². The second kappa shape index (κ2) is 17.2. The number of methoxy groups -OCH3 is 1. The molecule has 0 rings (SSSR count). The molecule has 35 heavy (non-hydrogen) atoms. The number of nitrogens with two attached hydrogens (primary N) is 1. The Balaban J connectivity index is 4.54. The van der Waals surface area contributed by atoms with Gasteiger partial charge in [0.25, 0.3) is 0 Å². The molecule has 0 saturated heterocycles. The van der Waals surface area contributed by atoms with Crippen LogP contribution in [0.3, 0.4) is 0 Å². The first-order chi connectivity index (χ1) is 16.5. The maximum Gasteiger partial charge on any atom is 0.325 e. The molecule has 13 nitrogen and oxygen atoms in total. The van der Waals surface area contributed by atoms with Crippen molar-refractivity contribution in [2.45, 2.75) is 46.5 Å². The van der Waals surface area contributed by atoms with Crippen LogP contribution in [0.5, 0.6) is 0 Å². The fraction of sp³-hybridized carbons (Fsp3) is 0.727. The Hall–Kier alpha value is -3.22. The van der Waals surface area contributed by atoms with E-state index in [1.807, 2.05) is 0 Å². The molecule has 0 aliphatic carbocycles. The van der Waals surface area contributed by atoms with Crippen LogP contribution >= 0.6 is 0 Å². The average Bonchev–Trinajstić information content (AvgIpc) is 2.85. The molecule has 0 aliphatic rings. The Morgan fingerprint density at radius 2 is 1.40 bits per heavy atom. The highest BCUT2D eigenvalue weighted by Crippen LogP contribution is 2.26. The third-order valence-corrected chi connectivity index (χ3v) is 5.45. The Bertz CT molecular complexity index is 746. The standard InChI is InChI=1S/C22H40N6O7/c1-5-7-8-22(3,6-2)15-27-18(31)11-24-17(30)10-25-19(32)13-28(14-21(34)35-4)20(33)12-26-16(29)9-23/h5-15,23H2,1-4H3,(H,24,30)(H,25,32)(H,26,29)(H,27,31). The van der Waals surface area contributed by atoms with Gasteiger partial charge in [-0.3, -0.25) is 28.8 Å². The second-order valence-electron chi connectivity index (χ2n) is 8.40. The molecule has 200 valence electrons. The minimum absolute atomic E-state index is 0.00964. The Kier molecular flexibility index (Phi) is 15.7. The number of rotatable bonds is 17. The van der Waals surface area contributed by atoms with Crippen molar-refractivity contribution in [3.8, 4) is 0 Å². The SMILES string of the molecule is CCCCC(C)(CC)CNC(=O)CNC(=O)CNC(=O)CN(CC(=O)OC)C(=O)CNC(=O)CN. The Labute approximate surface area is 206 Å². The van der Waals surface area contributed by atoms with Crippen LogP contribution in [0.4, 0.5) is 0 Å². The van der Waals surface area contributed by atoms with Gasteiger partial charge in [0.2, 0.25) is 29.5 Å². The maximum absolute atomic E-state index is 12.2. The van der Waals surface area contributed by atoms with E-state index in [-0.39, 0.29) is 24.4 Å². The number of nitrogens with one attached hydrogen (secondary N) is 4. The third kappa shape index (κ3) is 14.6. The van der Waals surface area contributed by atoms with E-state index in [1.165, 1.54) is 0 Å². The van der Waals surface area contributed by atoms with Gasteiger partial charge in [-0.25, -0.2) is 0 Å². The van der Waals surface area contributed by atoms with E-state index >= 15 is 0 Å². The van der Waals surface area contributed by atoms with Gasteiger partial charge in [-0.05, 0) is 18.3 Å². The van der Waals surface area contributed by atoms with Crippen molar-refractivity contribution in [2.24, 2.45) is 11.1 Å². The summed E-state index contributed by atoms with van der Waals surface area (Å²) in [6.45, 7) is 4.26. The zero-order valence-corrected chi connectivity index (χ0v) is 21.2. The lowest BCUT2D eigenvalue weighted by Gasteiger charge is -2.28. The number of nitrogens with zero attached hydrogens (tertiary/aromatic N) is 1. The van der Waals surface area contributed by atoms with Gasteiger partial charge in [-0.15, -0.1) is 0 Å². The van der Waals surface area contributed by atoms with Crippen molar-refractivity contribution >= 4 is 35.5 Å². The topological polar surface area (TPSA) is 189 Å². The second-order valence-corrected chi connectivity index (χ2v) is 8.40. The normalized spacial score (nSPS) is 12.0. The lowest BCUT2D eigenvalue weighted by atomic mass is 9.82. The van der Waals surface area contributed by atoms with Crippen molar-refractivity contribution in [2.75, 3.05) is 52.9 Å². The summed E-state index contributed by atoms with van der Waals surface area (Å²) in [7, 11) is 1.12. The monoisotopic (exact) mass is 500 g/mol. The molecule has 13 heteroatoms. The molecular formula is C22H40N6O7. The lowest BCUT2D eigenvalue weighted by molar-refractivity contribution is -0.148. The highest BCUT2D eigenvalue weighted by Gasteiger charge is 2.23. The van der Waals surface area contributed by atoms with Gasteiger partial charge in [0, 0.05) is 6.54 Å². The molecule has 0 saturated carbocycles. The van der Waals surface area contributed by atoms with Crippen molar-refractivity contribution in [1.29, 1.82) is 0 Å². The number of carbonyl (C=O) groups excluding carboxylic acids is 6. The fourth-order valence-corrected chi connectivity index (χ4v) is 2.83. The highest BCUT2D eigenvalue weighted by atomic mass is 16.5. The molecule has 1 atom stereocenters. The van der Waals surface area contributed by atoms with Crippen molar-refractivity contribution in [3.63, 3.8) is 0 Å². The predicted octanol–water partition coefficient (Wildman–Crippen LogP) is -1.98. The number of ether oxygens (including phenoxy) is 1. The molecule has 0 bridgehead atoms. The molecule has 0 heterocycles. The minimum Gasteiger partial charge on any atom is -0.468 e. The van der Waals surface area contributed by atoms with Gasteiger partial charge in [-0.2, -0.15) is 0 Å². The summed E-state index contributed by atoms with van der Waals surface area (Å²) < 4.78 is 4.51. The van der Waals surface area contributed by atoms with Gasteiger partial charge in [0.1, 0.15) is 13.1 Å². The van der Waals surface area contributed by atoms with Crippen LogP contribution in [0.25, 0.3) is 0 Å². The van der Waals surface area contributed by atoms with Crippen LogP contribution in [-0.4, -0.2) is 93.3 Å². The maximum atomic E-state index is 12.2. The van der Waals surface area contributed by atoms with Crippen LogP contribution in [0.2, 0.25) is 0 Å².